The van der Waals surface area contributed by atoms with Crippen LogP contribution in [0, 0.1) is 13.8 Å². The van der Waals surface area contributed by atoms with Crippen molar-refractivity contribution in [1.82, 2.24) is 15.4 Å². The lowest BCUT2D eigenvalue weighted by Gasteiger charge is -2.03. The van der Waals surface area contributed by atoms with E-state index in [1.807, 2.05) is 31.2 Å². The van der Waals surface area contributed by atoms with Gasteiger partial charge in [0.1, 0.15) is 0 Å². The Hall–Kier alpha value is -2.96. The van der Waals surface area contributed by atoms with Crippen LogP contribution in [0.15, 0.2) is 39.0 Å². The lowest BCUT2D eigenvalue weighted by Crippen LogP contribution is -2.28. The van der Waals surface area contributed by atoms with Gasteiger partial charge in [0.25, 0.3) is 5.56 Å². The molecule has 0 aliphatic rings. The molecule has 23 heavy (non-hydrogen) atoms. The zero-order valence-electron chi connectivity index (χ0n) is 13.0. The lowest BCUT2D eigenvalue weighted by atomic mass is 10.1. The summed E-state index contributed by atoms with van der Waals surface area (Å²) in [7, 11) is 0. The molecule has 0 aliphatic heterocycles. The highest BCUT2D eigenvalue weighted by molar-refractivity contribution is 5.82. The molecule has 0 atom stereocenters. The Kier molecular flexibility index (Phi) is 5.24. The van der Waals surface area contributed by atoms with Crippen LogP contribution in [0.1, 0.15) is 28.8 Å². The summed E-state index contributed by atoms with van der Waals surface area (Å²) in [6.45, 7) is 3.61. The Morgan fingerprint density at radius 1 is 1.17 bits per heavy atom. The molecule has 0 aliphatic carbocycles. The summed E-state index contributed by atoms with van der Waals surface area (Å²) in [5.41, 5.74) is 4.27. The summed E-state index contributed by atoms with van der Waals surface area (Å²) in [6.07, 6.45) is 1.88. The number of hydrazone groups is 1. The van der Waals surface area contributed by atoms with Gasteiger partial charge < -0.3 is 4.98 Å². The maximum atomic E-state index is 11.7. The molecule has 120 valence electrons. The molecule has 2 aromatic rings. The summed E-state index contributed by atoms with van der Waals surface area (Å²) in [6, 6.07) is 7.70. The number of hydrogen-bond acceptors (Lipinski definition) is 4. The van der Waals surface area contributed by atoms with Crippen LogP contribution in [0.25, 0.3) is 0 Å². The highest BCUT2D eigenvalue weighted by Gasteiger charge is 2.08. The quantitative estimate of drug-likeness (QED) is 0.560. The van der Waals surface area contributed by atoms with Gasteiger partial charge in [-0.2, -0.15) is 5.10 Å². The van der Waals surface area contributed by atoms with Gasteiger partial charge in [0.05, 0.1) is 6.21 Å². The molecule has 3 N–H and O–H groups in total. The van der Waals surface area contributed by atoms with E-state index in [1.54, 1.807) is 13.1 Å². The number of H-pyrrole nitrogens is 2. The fourth-order valence-corrected chi connectivity index (χ4v) is 2.05. The summed E-state index contributed by atoms with van der Waals surface area (Å²) < 4.78 is 0. The van der Waals surface area contributed by atoms with Crippen molar-refractivity contribution in [3.05, 3.63) is 67.5 Å². The number of carbonyl (C=O) groups excluding carboxylic acids is 1. The topological polar surface area (TPSA) is 107 Å². The summed E-state index contributed by atoms with van der Waals surface area (Å²) in [5, 5.41) is 3.87. The average Bonchev–Trinajstić information content (AvgIpc) is 2.48. The molecule has 0 fully saturated rings. The van der Waals surface area contributed by atoms with Gasteiger partial charge in [-0.1, -0.05) is 29.8 Å². The Morgan fingerprint density at radius 3 is 2.52 bits per heavy atom. The van der Waals surface area contributed by atoms with E-state index in [1.165, 1.54) is 0 Å². The smallest absolute Gasteiger partial charge is 0.311 e. The van der Waals surface area contributed by atoms with Crippen LogP contribution in [0.5, 0.6) is 0 Å². The predicted molar refractivity (Wildman–Crippen MR) is 87.7 cm³/mol. The predicted octanol–water partition coefficient (Wildman–Crippen LogP) is 0.763. The first kappa shape index (κ1) is 16.4. The van der Waals surface area contributed by atoms with Crippen LogP contribution in [0.2, 0.25) is 0 Å². The number of nitrogens with one attached hydrogen (secondary N) is 3. The number of rotatable bonds is 5. The van der Waals surface area contributed by atoms with E-state index >= 15 is 0 Å². The Morgan fingerprint density at radius 2 is 1.87 bits per heavy atom. The lowest BCUT2D eigenvalue weighted by molar-refractivity contribution is -0.121. The summed E-state index contributed by atoms with van der Waals surface area (Å²) >= 11 is 0. The Balaban J connectivity index is 1.89. The summed E-state index contributed by atoms with van der Waals surface area (Å²) in [5.74, 6) is -0.307. The number of aryl methyl sites for hydroxylation is 2. The molecular weight excluding hydrogens is 296 g/mol. The van der Waals surface area contributed by atoms with Crippen molar-refractivity contribution >= 4 is 12.1 Å². The van der Waals surface area contributed by atoms with E-state index in [0.717, 1.165) is 11.1 Å². The van der Waals surface area contributed by atoms with E-state index in [0.29, 0.717) is 11.3 Å². The van der Waals surface area contributed by atoms with Gasteiger partial charge in [-0.05, 0) is 25.8 Å². The van der Waals surface area contributed by atoms with Crippen molar-refractivity contribution < 1.29 is 4.79 Å². The number of amides is 1. The van der Waals surface area contributed by atoms with E-state index in [-0.39, 0.29) is 18.7 Å². The zero-order valence-corrected chi connectivity index (χ0v) is 13.0. The number of carbonyl (C=O) groups is 1. The van der Waals surface area contributed by atoms with Crippen LogP contribution in [-0.2, 0) is 11.2 Å². The molecule has 7 heteroatoms. The third-order valence-corrected chi connectivity index (χ3v) is 3.34. The van der Waals surface area contributed by atoms with Gasteiger partial charge in [0.15, 0.2) is 0 Å². The summed E-state index contributed by atoms with van der Waals surface area (Å²) in [4.78, 5) is 39.1. The minimum Gasteiger partial charge on any atom is -0.311 e. The number of hydrogen-bond donors (Lipinski definition) is 3. The standard InChI is InChI=1S/C16H18N4O3/c1-10-3-5-12(6-4-10)9-17-20-14(21)8-7-13-11(2)18-16(23)19-15(13)22/h3-6,9H,7-8H2,1-2H3,(H,20,21)(H2,18,19,22,23)/b17-9+. The van der Waals surface area contributed by atoms with Gasteiger partial charge in [0, 0.05) is 17.7 Å². The van der Waals surface area contributed by atoms with Crippen molar-refractivity contribution in [1.29, 1.82) is 0 Å². The Bertz CT molecular complexity index is 832. The Labute approximate surface area is 132 Å². The van der Waals surface area contributed by atoms with E-state index in [2.05, 4.69) is 20.5 Å². The fraction of sp³-hybridized carbons (Fsp3) is 0.250. The van der Waals surface area contributed by atoms with E-state index < -0.39 is 11.2 Å². The van der Waals surface area contributed by atoms with Gasteiger partial charge in [0.2, 0.25) is 5.91 Å². The fourth-order valence-electron chi connectivity index (χ4n) is 2.05. The largest absolute Gasteiger partial charge is 0.325 e. The van der Waals surface area contributed by atoms with Crippen LogP contribution >= 0.6 is 0 Å². The molecule has 0 saturated carbocycles. The second kappa shape index (κ2) is 7.35. The van der Waals surface area contributed by atoms with Gasteiger partial charge in [-0.25, -0.2) is 10.2 Å². The van der Waals surface area contributed by atoms with Crippen LogP contribution in [0.3, 0.4) is 0 Å². The molecule has 1 aromatic heterocycles. The minimum absolute atomic E-state index is 0.0984. The average molecular weight is 314 g/mol. The third kappa shape index (κ3) is 4.77. The molecule has 0 saturated heterocycles. The third-order valence-electron chi connectivity index (χ3n) is 3.34. The molecule has 7 nitrogen and oxygen atoms in total. The first-order valence-electron chi connectivity index (χ1n) is 7.16. The first-order valence-corrected chi connectivity index (χ1v) is 7.16. The maximum Gasteiger partial charge on any atom is 0.325 e. The van der Waals surface area contributed by atoms with Crippen LogP contribution in [0.4, 0.5) is 0 Å². The molecule has 1 amide bonds. The molecular formula is C16H18N4O3. The number of nitrogens with zero attached hydrogens (tertiary/aromatic N) is 1. The van der Waals surface area contributed by atoms with Gasteiger partial charge in [-0.15, -0.1) is 0 Å². The van der Waals surface area contributed by atoms with E-state index in [4.69, 9.17) is 0 Å². The molecule has 2 rings (SSSR count). The molecule has 0 radical (unpaired) electrons. The molecule has 0 unspecified atom stereocenters. The van der Waals surface area contributed by atoms with Gasteiger partial charge in [-0.3, -0.25) is 14.6 Å². The van der Waals surface area contributed by atoms with Crippen LogP contribution in [-0.4, -0.2) is 22.1 Å². The molecule has 0 spiro atoms. The monoisotopic (exact) mass is 314 g/mol. The molecule has 1 aromatic carbocycles. The normalized spacial score (nSPS) is 10.9. The van der Waals surface area contributed by atoms with Gasteiger partial charge >= 0.3 is 5.69 Å². The maximum absolute atomic E-state index is 11.7. The minimum atomic E-state index is -0.552. The number of aromatic amines is 2. The SMILES string of the molecule is Cc1ccc(/C=N/NC(=O)CCc2c(C)[nH]c(=O)[nH]c2=O)cc1. The van der Waals surface area contributed by atoms with Crippen molar-refractivity contribution in [2.75, 3.05) is 0 Å². The van der Waals surface area contributed by atoms with Crippen molar-refractivity contribution in [3.63, 3.8) is 0 Å². The second-order valence-corrected chi connectivity index (χ2v) is 5.22. The highest BCUT2D eigenvalue weighted by atomic mass is 16.2. The number of aromatic nitrogens is 2. The van der Waals surface area contributed by atoms with Crippen molar-refractivity contribution in [3.8, 4) is 0 Å². The molecule has 1 heterocycles. The zero-order chi connectivity index (χ0) is 16.8. The first-order chi connectivity index (χ1) is 11.0. The van der Waals surface area contributed by atoms with Crippen LogP contribution < -0.4 is 16.7 Å². The van der Waals surface area contributed by atoms with E-state index in [9.17, 15) is 14.4 Å². The highest BCUT2D eigenvalue weighted by Crippen LogP contribution is 2.01. The molecule has 0 bridgehead atoms. The number of benzene rings is 1. The van der Waals surface area contributed by atoms with Crippen molar-refractivity contribution in [2.45, 2.75) is 26.7 Å². The van der Waals surface area contributed by atoms with Crippen molar-refractivity contribution in [2.24, 2.45) is 5.10 Å². The second-order valence-electron chi connectivity index (χ2n) is 5.22.